The summed E-state index contributed by atoms with van der Waals surface area (Å²) in [5.74, 6) is -1.61. The third-order valence-corrected chi connectivity index (χ3v) is 7.54. The van der Waals surface area contributed by atoms with Crippen molar-refractivity contribution in [1.29, 1.82) is 0 Å². The van der Waals surface area contributed by atoms with Gasteiger partial charge in [0.1, 0.15) is 5.41 Å². The van der Waals surface area contributed by atoms with E-state index in [0.29, 0.717) is 25.7 Å². The molecular formula is C19H26N4O5S. The number of nitrogens with zero attached hydrogens (tertiary/aromatic N) is 2. The molecule has 3 rings (SSSR count). The van der Waals surface area contributed by atoms with Crippen LogP contribution in [0.1, 0.15) is 44.9 Å². The molecule has 1 atom stereocenters. The number of pyridine rings is 1. The number of sulfonamides is 1. The van der Waals surface area contributed by atoms with Crippen LogP contribution in [0.2, 0.25) is 0 Å². The standard InChI is InChI=1S/C19H26N4O5S/c20-17(25)19(9-3-1-4-10-19)18(26)22-14-7-6-12-23(13-15(14)24)29(27,28)16-8-2-5-11-21-16/h2,5,8,11,14H,1,3-4,6-7,9-10,12-13H2,(H2,20,25)(H,22,26)/t14-/m1/s1. The highest BCUT2D eigenvalue weighted by atomic mass is 32.2. The van der Waals surface area contributed by atoms with Crippen molar-refractivity contribution in [2.75, 3.05) is 13.1 Å². The number of hydrogen-bond acceptors (Lipinski definition) is 6. The average Bonchev–Trinajstić information content (AvgIpc) is 2.91. The number of primary amides is 1. The fraction of sp³-hybridized carbons (Fsp3) is 0.579. The number of aromatic nitrogens is 1. The first-order valence-corrected chi connectivity index (χ1v) is 11.3. The molecule has 1 aliphatic heterocycles. The smallest absolute Gasteiger partial charge is 0.260 e. The van der Waals surface area contributed by atoms with Gasteiger partial charge >= 0.3 is 0 Å². The molecule has 2 heterocycles. The molecule has 9 nitrogen and oxygen atoms in total. The van der Waals surface area contributed by atoms with Gasteiger partial charge in [0, 0.05) is 12.7 Å². The van der Waals surface area contributed by atoms with Crippen LogP contribution in [-0.4, -0.2) is 54.4 Å². The summed E-state index contributed by atoms with van der Waals surface area (Å²) >= 11 is 0. The van der Waals surface area contributed by atoms with E-state index in [1.807, 2.05) is 0 Å². The van der Waals surface area contributed by atoms with Gasteiger partial charge in [-0.2, -0.15) is 4.31 Å². The summed E-state index contributed by atoms with van der Waals surface area (Å²) in [5.41, 5.74) is 4.25. The highest BCUT2D eigenvalue weighted by molar-refractivity contribution is 7.89. The van der Waals surface area contributed by atoms with Crippen LogP contribution in [0.5, 0.6) is 0 Å². The van der Waals surface area contributed by atoms with Gasteiger partial charge in [-0.15, -0.1) is 0 Å². The van der Waals surface area contributed by atoms with Gasteiger partial charge in [0.25, 0.3) is 10.0 Å². The number of Topliss-reactive ketones (excluding diaryl/α,β-unsaturated/α-hetero) is 1. The molecule has 0 aromatic carbocycles. The summed E-state index contributed by atoms with van der Waals surface area (Å²) in [6, 6.07) is 3.71. The van der Waals surface area contributed by atoms with E-state index in [-0.39, 0.29) is 18.1 Å². The van der Waals surface area contributed by atoms with Crippen LogP contribution in [0.4, 0.5) is 0 Å². The maximum Gasteiger partial charge on any atom is 0.260 e. The molecule has 2 aliphatic rings. The fourth-order valence-corrected chi connectivity index (χ4v) is 5.40. The molecule has 2 amide bonds. The van der Waals surface area contributed by atoms with Gasteiger partial charge in [0.05, 0.1) is 12.6 Å². The first kappa shape index (κ1) is 21.4. The van der Waals surface area contributed by atoms with Gasteiger partial charge in [-0.3, -0.25) is 14.4 Å². The molecule has 10 heteroatoms. The number of rotatable bonds is 5. The van der Waals surface area contributed by atoms with Crippen molar-refractivity contribution < 1.29 is 22.8 Å². The molecule has 2 fully saturated rings. The number of hydrogen-bond donors (Lipinski definition) is 2. The van der Waals surface area contributed by atoms with Crippen LogP contribution in [0.3, 0.4) is 0 Å². The molecule has 1 saturated heterocycles. The number of carbonyl (C=O) groups excluding carboxylic acids is 3. The Hall–Kier alpha value is -2.33. The number of nitrogens with one attached hydrogen (secondary N) is 1. The van der Waals surface area contributed by atoms with E-state index < -0.39 is 39.1 Å². The van der Waals surface area contributed by atoms with E-state index in [2.05, 4.69) is 10.3 Å². The molecule has 0 spiro atoms. The van der Waals surface area contributed by atoms with Gasteiger partial charge in [-0.05, 0) is 37.8 Å². The van der Waals surface area contributed by atoms with Crippen molar-refractivity contribution in [2.24, 2.45) is 11.1 Å². The molecule has 0 radical (unpaired) electrons. The van der Waals surface area contributed by atoms with Crippen molar-refractivity contribution in [3.63, 3.8) is 0 Å². The Morgan fingerprint density at radius 2 is 1.90 bits per heavy atom. The predicted molar refractivity (Wildman–Crippen MR) is 104 cm³/mol. The quantitative estimate of drug-likeness (QED) is 0.657. The zero-order valence-electron chi connectivity index (χ0n) is 16.2. The van der Waals surface area contributed by atoms with E-state index in [0.717, 1.165) is 23.6 Å². The second-order valence-electron chi connectivity index (χ2n) is 7.65. The molecule has 1 aromatic heterocycles. The Morgan fingerprint density at radius 3 is 2.52 bits per heavy atom. The number of amides is 2. The minimum atomic E-state index is -3.90. The Kier molecular flexibility index (Phi) is 6.33. The third-order valence-electron chi connectivity index (χ3n) is 5.78. The second kappa shape index (κ2) is 8.58. The Morgan fingerprint density at radius 1 is 1.17 bits per heavy atom. The molecule has 0 bridgehead atoms. The predicted octanol–water partition coefficient (Wildman–Crippen LogP) is 0.356. The van der Waals surface area contributed by atoms with Crippen LogP contribution in [0, 0.1) is 5.41 Å². The topological polar surface area (TPSA) is 140 Å². The average molecular weight is 423 g/mol. The SMILES string of the molecule is NC(=O)C1(C(=O)N[C@@H]2CCCN(S(=O)(=O)c3ccccn3)CC2=O)CCCCC1. The van der Waals surface area contributed by atoms with Gasteiger partial charge in [0.2, 0.25) is 11.8 Å². The first-order valence-electron chi connectivity index (χ1n) is 9.82. The fourth-order valence-electron chi connectivity index (χ4n) is 4.02. The van der Waals surface area contributed by atoms with E-state index in [4.69, 9.17) is 5.73 Å². The molecule has 1 aromatic rings. The highest BCUT2D eigenvalue weighted by Gasteiger charge is 2.46. The van der Waals surface area contributed by atoms with Crippen molar-refractivity contribution in [1.82, 2.24) is 14.6 Å². The Balaban J connectivity index is 1.73. The van der Waals surface area contributed by atoms with Crippen LogP contribution < -0.4 is 11.1 Å². The number of carbonyl (C=O) groups is 3. The van der Waals surface area contributed by atoms with Crippen LogP contribution in [0.15, 0.2) is 29.4 Å². The largest absolute Gasteiger partial charge is 0.369 e. The molecule has 29 heavy (non-hydrogen) atoms. The zero-order chi connectivity index (χ0) is 21.1. The zero-order valence-corrected chi connectivity index (χ0v) is 17.0. The van der Waals surface area contributed by atoms with Gasteiger partial charge < -0.3 is 11.1 Å². The maximum absolute atomic E-state index is 12.9. The number of nitrogens with two attached hydrogens (primary N) is 1. The Labute approximate surface area is 170 Å². The lowest BCUT2D eigenvalue weighted by molar-refractivity contribution is -0.145. The minimum absolute atomic E-state index is 0.120. The normalized spacial score (nSPS) is 23.2. The number of ketones is 1. The maximum atomic E-state index is 12.9. The lowest BCUT2D eigenvalue weighted by Crippen LogP contribution is -2.55. The highest BCUT2D eigenvalue weighted by Crippen LogP contribution is 2.36. The summed E-state index contributed by atoms with van der Waals surface area (Å²) in [6.07, 6.45) is 5.20. The van der Waals surface area contributed by atoms with Crippen molar-refractivity contribution in [3.05, 3.63) is 24.4 Å². The third kappa shape index (κ3) is 4.32. The van der Waals surface area contributed by atoms with E-state index in [1.54, 1.807) is 12.1 Å². The Bertz CT molecular complexity index is 881. The van der Waals surface area contributed by atoms with Crippen molar-refractivity contribution >= 4 is 27.6 Å². The molecule has 158 valence electrons. The van der Waals surface area contributed by atoms with Gasteiger partial charge in [0.15, 0.2) is 10.8 Å². The summed E-state index contributed by atoms with van der Waals surface area (Å²) in [6.45, 7) is -0.203. The second-order valence-corrected chi connectivity index (χ2v) is 9.53. The summed E-state index contributed by atoms with van der Waals surface area (Å²) in [4.78, 5) is 41.5. The van der Waals surface area contributed by atoms with E-state index in [9.17, 15) is 22.8 Å². The van der Waals surface area contributed by atoms with E-state index >= 15 is 0 Å². The summed E-state index contributed by atoms with van der Waals surface area (Å²) in [5, 5.41) is 2.57. The molecular weight excluding hydrogens is 396 g/mol. The van der Waals surface area contributed by atoms with Crippen LogP contribution >= 0.6 is 0 Å². The monoisotopic (exact) mass is 422 g/mol. The van der Waals surface area contributed by atoms with Crippen molar-refractivity contribution in [2.45, 2.75) is 56.0 Å². The first-order chi connectivity index (χ1) is 13.8. The van der Waals surface area contributed by atoms with Crippen molar-refractivity contribution in [3.8, 4) is 0 Å². The lowest BCUT2D eigenvalue weighted by Gasteiger charge is -2.34. The molecule has 1 saturated carbocycles. The van der Waals surface area contributed by atoms with Crippen LogP contribution in [-0.2, 0) is 24.4 Å². The lowest BCUT2D eigenvalue weighted by atomic mass is 9.72. The molecule has 0 unspecified atom stereocenters. The molecule has 3 N–H and O–H groups in total. The summed E-state index contributed by atoms with van der Waals surface area (Å²) < 4.78 is 26.6. The van der Waals surface area contributed by atoms with Gasteiger partial charge in [-0.1, -0.05) is 25.3 Å². The van der Waals surface area contributed by atoms with Crippen LogP contribution in [0.25, 0.3) is 0 Å². The van der Waals surface area contributed by atoms with E-state index in [1.165, 1.54) is 12.3 Å². The van der Waals surface area contributed by atoms with Gasteiger partial charge in [-0.25, -0.2) is 13.4 Å². The minimum Gasteiger partial charge on any atom is -0.369 e. The molecule has 1 aliphatic carbocycles. The summed E-state index contributed by atoms with van der Waals surface area (Å²) in [7, 11) is -3.90.